The Balaban J connectivity index is 2.64. The summed E-state index contributed by atoms with van der Waals surface area (Å²) in [5.41, 5.74) is 0.159. The van der Waals surface area contributed by atoms with Crippen LogP contribution in [0.1, 0.15) is 10.4 Å². The first-order valence-corrected chi connectivity index (χ1v) is 5.17. The van der Waals surface area contributed by atoms with E-state index in [-0.39, 0.29) is 17.5 Å². The number of alkyl halides is 1. The molecule has 4 nitrogen and oxygen atoms in total. The number of ether oxygens (including phenoxy) is 1. The molecule has 16 heavy (non-hydrogen) atoms. The predicted molar refractivity (Wildman–Crippen MR) is 58.0 cm³/mol. The standard InChI is InChI=1S/C10H12ClFN2O2/c1-16-6-9(3-11)14-10(15)7-2-8(12)5-13-4-7/h2,4-5,9H,3,6H2,1H3,(H,14,15). The van der Waals surface area contributed by atoms with Gasteiger partial charge in [0, 0.05) is 19.2 Å². The van der Waals surface area contributed by atoms with Gasteiger partial charge in [-0.3, -0.25) is 9.78 Å². The molecule has 0 aliphatic carbocycles. The van der Waals surface area contributed by atoms with Gasteiger partial charge in [-0.2, -0.15) is 0 Å². The number of hydrogen-bond acceptors (Lipinski definition) is 3. The van der Waals surface area contributed by atoms with E-state index in [1.807, 2.05) is 0 Å². The third-order valence-electron chi connectivity index (χ3n) is 1.86. The van der Waals surface area contributed by atoms with Crippen molar-refractivity contribution >= 4 is 17.5 Å². The van der Waals surface area contributed by atoms with Gasteiger partial charge in [-0.25, -0.2) is 4.39 Å². The van der Waals surface area contributed by atoms with Crippen molar-refractivity contribution in [2.24, 2.45) is 0 Å². The molecular formula is C10H12ClFN2O2. The molecule has 0 saturated carbocycles. The van der Waals surface area contributed by atoms with Crippen LogP contribution in [0.4, 0.5) is 4.39 Å². The molecule has 0 aromatic carbocycles. The van der Waals surface area contributed by atoms with Crippen LogP contribution in [-0.4, -0.2) is 36.5 Å². The van der Waals surface area contributed by atoms with Gasteiger partial charge < -0.3 is 10.1 Å². The quantitative estimate of drug-likeness (QED) is 0.795. The van der Waals surface area contributed by atoms with Crippen LogP contribution < -0.4 is 5.32 Å². The molecule has 1 rings (SSSR count). The molecule has 1 atom stereocenters. The largest absolute Gasteiger partial charge is 0.383 e. The van der Waals surface area contributed by atoms with Crippen LogP contribution in [0.2, 0.25) is 0 Å². The van der Waals surface area contributed by atoms with Crippen molar-refractivity contribution in [3.8, 4) is 0 Å². The maximum absolute atomic E-state index is 12.8. The van der Waals surface area contributed by atoms with Crippen LogP contribution in [0.5, 0.6) is 0 Å². The Morgan fingerprint density at radius 1 is 1.69 bits per heavy atom. The number of carbonyl (C=O) groups is 1. The van der Waals surface area contributed by atoms with Crippen molar-refractivity contribution in [3.05, 3.63) is 29.8 Å². The number of aromatic nitrogens is 1. The molecule has 1 N–H and O–H groups in total. The molecule has 1 aromatic rings. The number of hydrogen-bond donors (Lipinski definition) is 1. The van der Waals surface area contributed by atoms with Crippen LogP contribution in [-0.2, 0) is 4.74 Å². The normalized spacial score (nSPS) is 12.2. The van der Waals surface area contributed by atoms with Gasteiger partial charge in [0.25, 0.3) is 5.91 Å². The Bertz CT molecular complexity index is 362. The van der Waals surface area contributed by atoms with Gasteiger partial charge in [0.1, 0.15) is 5.82 Å². The zero-order valence-electron chi connectivity index (χ0n) is 8.74. The van der Waals surface area contributed by atoms with Crippen LogP contribution in [0.15, 0.2) is 18.5 Å². The lowest BCUT2D eigenvalue weighted by Gasteiger charge is -2.14. The second-order valence-electron chi connectivity index (χ2n) is 3.17. The lowest BCUT2D eigenvalue weighted by molar-refractivity contribution is 0.0906. The number of methoxy groups -OCH3 is 1. The van der Waals surface area contributed by atoms with Crippen molar-refractivity contribution in [1.29, 1.82) is 0 Å². The summed E-state index contributed by atoms with van der Waals surface area (Å²) in [6.45, 7) is 0.304. The van der Waals surface area contributed by atoms with E-state index in [0.717, 1.165) is 12.3 Å². The second-order valence-corrected chi connectivity index (χ2v) is 3.48. The van der Waals surface area contributed by atoms with E-state index in [9.17, 15) is 9.18 Å². The summed E-state index contributed by atoms with van der Waals surface area (Å²) in [6, 6.07) is 0.808. The van der Waals surface area contributed by atoms with E-state index >= 15 is 0 Å². The summed E-state index contributed by atoms with van der Waals surface area (Å²) in [5, 5.41) is 2.61. The molecule has 1 aromatic heterocycles. The Labute approximate surface area is 97.8 Å². The maximum Gasteiger partial charge on any atom is 0.253 e. The number of pyridine rings is 1. The molecule has 1 amide bonds. The average molecular weight is 247 g/mol. The average Bonchev–Trinajstić information content (AvgIpc) is 2.28. The number of rotatable bonds is 5. The Kier molecular flexibility index (Phi) is 5.14. The fourth-order valence-corrected chi connectivity index (χ4v) is 1.30. The number of amides is 1. The molecule has 0 saturated heterocycles. The summed E-state index contributed by atoms with van der Waals surface area (Å²) < 4.78 is 17.7. The van der Waals surface area contributed by atoms with Crippen LogP contribution >= 0.6 is 11.6 Å². The fraction of sp³-hybridized carbons (Fsp3) is 0.400. The van der Waals surface area contributed by atoms with Crippen molar-refractivity contribution in [3.63, 3.8) is 0 Å². The molecular weight excluding hydrogens is 235 g/mol. The van der Waals surface area contributed by atoms with Gasteiger partial charge in [-0.1, -0.05) is 0 Å². The van der Waals surface area contributed by atoms with Crippen molar-refractivity contribution in [2.45, 2.75) is 6.04 Å². The maximum atomic E-state index is 12.8. The van der Waals surface area contributed by atoms with Crippen LogP contribution in [0.3, 0.4) is 0 Å². The third-order valence-corrected chi connectivity index (χ3v) is 2.23. The highest BCUT2D eigenvalue weighted by Gasteiger charge is 2.13. The van der Waals surface area contributed by atoms with Gasteiger partial charge in [-0.05, 0) is 6.07 Å². The first-order chi connectivity index (χ1) is 7.67. The van der Waals surface area contributed by atoms with Gasteiger partial charge in [0.05, 0.1) is 24.4 Å². The van der Waals surface area contributed by atoms with Crippen LogP contribution in [0, 0.1) is 5.82 Å². The Morgan fingerprint density at radius 3 is 3.00 bits per heavy atom. The first kappa shape index (κ1) is 12.9. The first-order valence-electron chi connectivity index (χ1n) is 4.63. The molecule has 0 aliphatic rings. The van der Waals surface area contributed by atoms with E-state index < -0.39 is 11.7 Å². The zero-order valence-corrected chi connectivity index (χ0v) is 9.50. The lowest BCUT2D eigenvalue weighted by Crippen LogP contribution is -2.39. The number of nitrogens with one attached hydrogen (secondary N) is 1. The Morgan fingerprint density at radius 2 is 2.44 bits per heavy atom. The topological polar surface area (TPSA) is 51.2 Å². The Hall–Kier alpha value is -1.20. The fourth-order valence-electron chi connectivity index (χ4n) is 1.13. The summed E-state index contributed by atoms with van der Waals surface area (Å²) in [4.78, 5) is 15.2. The predicted octanol–water partition coefficient (Wildman–Crippen LogP) is 1.20. The summed E-state index contributed by atoms with van der Waals surface area (Å²) in [5.74, 6) is -0.751. The molecule has 1 unspecified atom stereocenters. The van der Waals surface area contributed by atoms with E-state index in [4.69, 9.17) is 16.3 Å². The minimum atomic E-state index is -0.554. The summed E-state index contributed by atoms with van der Waals surface area (Å²) in [7, 11) is 1.51. The molecule has 0 spiro atoms. The second kappa shape index (κ2) is 6.40. The molecule has 88 valence electrons. The van der Waals surface area contributed by atoms with E-state index in [0.29, 0.717) is 6.61 Å². The zero-order chi connectivity index (χ0) is 12.0. The molecule has 6 heteroatoms. The summed E-state index contributed by atoms with van der Waals surface area (Å²) >= 11 is 5.62. The minimum Gasteiger partial charge on any atom is -0.383 e. The monoisotopic (exact) mass is 246 g/mol. The molecule has 0 radical (unpaired) electrons. The molecule has 1 heterocycles. The van der Waals surface area contributed by atoms with Crippen molar-refractivity contribution in [2.75, 3.05) is 19.6 Å². The number of carbonyl (C=O) groups excluding carboxylic acids is 1. The summed E-state index contributed by atoms with van der Waals surface area (Å²) in [6.07, 6.45) is 2.32. The highest BCUT2D eigenvalue weighted by Crippen LogP contribution is 2.01. The molecule has 0 aliphatic heterocycles. The minimum absolute atomic E-state index is 0.159. The molecule has 0 fully saturated rings. The van der Waals surface area contributed by atoms with Gasteiger partial charge >= 0.3 is 0 Å². The van der Waals surface area contributed by atoms with Gasteiger partial charge in [0.2, 0.25) is 0 Å². The number of halogens is 2. The third kappa shape index (κ3) is 3.75. The highest BCUT2D eigenvalue weighted by molar-refractivity contribution is 6.18. The lowest BCUT2D eigenvalue weighted by atomic mass is 10.2. The number of nitrogens with zero attached hydrogens (tertiary/aromatic N) is 1. The van der Waals surface area contributed by atoms with Gasteiger partial charge in [0.15, 0.2) is 0 Å². The van der Waals surface area contributed by atoms with Gasteiger partial charge in [-0.15, -0.1) is 11.6 Å². The van der Waals surface area contributed by atoms with E-state index in [2.05, 4.69) is 10.3 Å². The smallest absolute Gasteiger partial charge is 0.253 e. The van der Waals surface area contributed by atoms with Crippen LogP contribution in [0.25, 0.3) is 0 Å². The van der Waals surface area contributed by atoms with E-state index in [1.165, 1.54) is 13.3 Å². The highest BCUT2D eigenvalue weighted by atomic mass is 35.5. The van der Waals surface area contributed by atoms with Crippen molar-refractivity contribution < 1.29 is 13.9 Å². The SMILES string of the molecule is COCC(CCl)NC(=O)c1cncc(F)c1. The van der Waals surface area contributed by atoms with Crippen molar-refractivity contribution in [1.82, 2.24) is 10.3 Å². The van der Waals surface area contributed by atoms with E-state index in [1.54, 1.807) is 0 Å². The molecule has 0 bridgehead atoms.